The SMILES string of the molecule is CCCC[N+]1(COC(=O)CCC)CCCCC1C(=O)Nc1c(C)cccc1C.[Cl-]. The molecule has 1 N–H and O–H groups in total. The van der Waals surface area contributed by atoms with Gasteiger partial charge in [-0.2, -0.15) is 0 Å². The molecule has 1 fully saturated rings. The van der Waals surface area contributed by atoms with E-state index in [1.54, 1.807) is 0 Å². The van der Waals surface area contributed by atoms with E-state index in [9.17, 15) is 9.59 Å². The second kappa shape index (κ2) is 12.2. The number of esters is 1. The first-order chi connectivity index (χ1) is 13.4. The summed E-state index contributed by atoms with van der Waals surface area (Å²) in [6.07, 6.45) is 6.26. The van der Waals surface area contributed by atoms with Gasteiger partial charge < -0.3 is 22.5 Å². The zero-order chi connectivity index (χ0) is 20.6. The highest BCUT2D eigenvalue weighted by Crippen LogP contribution is 2.29. The van der Waals surface area contributed by atoms with Crippen molar-refractivity contribution in [2.45, 2.75) is 78.7 Å². The largest absolute Gasteiger partial charge is 1.00 e. The second-order valence-electron chi connectivity index (χ2n) is 8.18. The van der Waals surface area contributed by atoms with Gasteiger partial charge in [-0.15, -0.1) is 0 Å². The lowest BCUT2D eigenvalue weighted by molar-refractivity contribution is -0.962. The molecule has 1 aromatic rings. The van der Waals surface area contributed by atoms with Gasteiger partial charge in [-0.1, -0.05) is 38.5 Å². The normalized spacial score (nSPS) is 21.2. The van der Waals surface area contributed by atoms with Gasteiger partial charge in [-0.25, -0.2) is 0 Å². The number of carbonyl (C=O) groups excluding carboxylic acids is 2. The highest BCUT2D eigenvalue weighted by atomic mass is 35.5. The average Bonchev–Trinajstić information content (AvgIpc) is 2.68. The molecule has 164 valence electrons. The summed E-state index contributed by atoms with van der Waals surface area (Å²) in [5.74, 6) is -0.101. The average molecular weight is 425 g/mol. The van der Waals surface area contributed by atoms with Crippen LogP contribution in [0.15, 0.2) is 18.2 Å². The van der Waals surface area contributed by atoms with Crippen LogP contribution in [0.1, 0.15) is 69.9 Å². The van der Waals surface area contributed by atoms with Crippen LogP contribution in [0.4, 0.5) is 5.69 Å². The van der Waals surface area contributed by atoms with Crippen LogP contribution in [0.2, 0.25) is 0 Å². The molecule has 1 aliphatic rings. The van der Waals surface area contributed by atoms with E-state index in [2.05, 4.69) is 12.2 Å². The van der Waals surface area contributed by atoms with Crippen LogP contribution in [0.25, 0.3) is 0 Å². The van der Waals surface area contributed by atoms with E-state index in [1.165, 1.54) is 0 Å². The molecule has 0 bridgehead atoms. The minimum atomic E-state index is -0.172. The lowest BCUT2D eigenvalue weighted by Crippen LogP contribution is -3.00. The first kappa shape index (κ1) is 25.4. The Balaban J connectivity index is 0.00000420. The molecule has 1 amide bonds. The number of hydrogen-bond acceptors (Lipinski definition) is 3. The summed E-state index contributed by atoms with van der Waals surface area (Å²) in [7, 11) is 0. The molecule has 2 atom stereocenters. The number of unbranched alkanes of at least 4 members (excludes halogenated alkanes) is 1. The zero-order valence-electron chi connectivity index (χ0n) is 18.4. The molecular weight excluding hydrogens is 388 g/mol. The molecule has 6 heteroatoms. The number of para-hydroxylation sites is 1. The van der Waals surface area contributed by atoms with Gasteiger partial charge in [0.2, 0.25) is 6.73 Å². The van der Waals surface area contributed by atoms with Crippen molar-refractivity contribution in [3.05, 3.63) is 29.3 Å². The van der Waals surface area contributed by atoms with E-state index in [0.29, 0.717) is 17.6 Å². The van der Waals surface area contributed by atoms with Gasteiger partial charge in [0.05, 0.1) is 13.1 Å². The molecule has 0 spiro atoms. The van der Waals surface area contributed by atoms with Gasteiger partial charge in [-0.05, 0) is 50.7 Å². The number of ether oxygens (including phenoxy) is 1. The molecule has 1 aliphatic heterocycles. The molecule has 5 nitrogen and oxygen atoms in total. The predicted octanol–water partition coefficient (Wildman–Crippen LogP) is 1.72. The van der Waals surface area contributed by atoms with Crippen molar-refractivity contribution in [2.75, 3.05) is 25.1 Å². The summed E-state index contributed by atoms with van der Waals surface area (Å²) in [5, 5.41) is 3.20. The molecule has 0 radical (unpaired) electrons. The number of anilines is 1. The summed E-state index contributed by atoms with van der Waals surface area (Å²) in [5.41, 5.74) is 3.06. The number of aryl methyl sites for hydroxylation is 2. The van der Waals surface area contributed by atoms with Crippen LogP contribution in [0, 0.1) is 13.8 Å². The second-order valence-corrected chi connectivity index (χ2v) is 8.18. The Morgan fingerprint density at radius 1 is 1.14 bits per heavy atom. The van der Waals surface area contributed by atoms with Crippen molar-refractivity contribution in [3.8, 4) is 0 Å². The molecule has 1 heterocycles. The van der Waals surface area contributed by atoms with Crippen molar-refractivity contribution in [1.29, 1.82) is 0 Å². The Labute approximate surface area is 182 Å². The van der Waals surface area contributed by atoms with Gasteiger partial charge in [-0.3, -0.25) is 14.1 Å². The molecular formula is C23H37ClN2O3. The monoisotopic (exact) mass is 424 g/mol. The van der Waals surface area contributed by atoms with Crippen molar-refractivity contribution >= 4 is 17.6 Å². The molecule has 0 aliphatic carbocycles. The molecule has 2 unspecified atom stereocenters. The van der Waals surface area contributed by atoms with Crippen LogP contribution in [0.3, 0.4) is 0 Å². The Kier molecular flexibility index (Phi) is 10.7. The maximum atomic E-state index is 13.4. The molecule has 29 heavy (non-hydrogen) atoms. The number of carbonyl (C=O) groups is 2. The molecule has 1 saturated heterocycles. The third kappa shape index (κ3) is 6.71. The van der Waals surface area contributed by atoms with Crippen LogP contribution in [-0.2, 0) is 14.3 Å². The lowest BCUT2D eigenvalue weighted by Gasteiger charge is -2.46. The topological polar surface area (TPSA) is 55.4 Å². The smallest absolute Gasteiger partial charge is 0.310 e. The van der Waals surface area contributed by atoms with Gasteiger partial charge in [0.25, 0.3) is 5.91 Å². The maximum absolute atomic E-state index is 13.4. The van der Waals surface area contributed by atoms with E-state index in [-0.39, 0.29) is 30.3 Å². The maximum Gasteiger partial charge on any atom is 0.310 e. The fourth-order valence-corrected chi connectivity index (χ4v) is 4.23. The minimum absolute atomic E-state index is 0. The van der Waals surface area contributed by atoms with Crippen LogP contribution in [0.5, 0.6) is 0 Å². The van der Waals surface area contributed by atoms with Crippen LogP contribution < -0.4 is 17.7 Å². The summed E-state index contributed by atoms with van der Waals surface area (Å²) in [4.78, 5) is 25.4. The summed E-state index contributed by atoms with van der Waals surface area (Å²) in [6, 6.07) is 5.88. The standard InChI is InChI=1S/C23H36N2O3.ClH/c1-5-7-15-25(17-28-21(26)11-6-2)16-9-8-14-20(25)23(27)24-22-18(3)12-10-13-19(22)4;/h10,12-13,20H,5-9,11,14-17H2,1-4H3;1H. The number of likely N-dealkylation sites (tertiary alicyclic amines) is 1. The third-order valence-corrected chi connectivity index (χ3v) is 5.92. The minimum Gasteiger partial charge on any atom is -1.00 e. The van der Waals surface area contributed by atoms with Crippen molar-refractivity contribution in [3.63, 3.8) is 0 Å². The van der Waals surface area contributed by atoms with E-state index >= 15 is 0 Å². The Morgan fingerprint density at radius 3 is 2.45 bits per heavy atom. The Hall–Kier alpha value is -1.59. The third-order valence-electron chi connectivity index (χ3n) is 5.92. The molecule has 0 saturated carbocycles. The first-order valence-corrected chi connectivity index (χ1v) is 10.8. The summed E-state index contributed by atoms with van der Waals surface area (Å²) >= 11 is 0. The number of nitrogens with zero attached hydrogens (tertiary/aromatic N) is 1. The zero-order valence-corrected chi connectivity index (χ0v) is 19.2. The van der Waals surface area contributed by atoms with E-state index < -0.39 is 0 Å². The summed E-state index contributed by atoms with van der Waals surface area (Å²) < 4.78 is 6.22. The highest BCUT2D eigenvalue weighted by Gasteiger charge is 2.44. The fraction of sp³-hybridized carbons (Fsp3) is 0.652. The number of hydrogen-bond donors (Lipinski definition) is 1. The molecule has 2 rings (SSSR count). The number of nitrogens with one attached hydrogen (secondary N) is 1. The first-order valence-electron chi connectivity index (χ1n) is 10.8. The van der Waals surface area contributed by atoms with E-state index in [0.717, 1.165) is 68.4 Å². The van der Waals surface area contributed by atoms with Crippen molar-refractivity contribution in [1.82, 2.24) is 0 Å². The number of quaternary nitrogens is 1. The number of benzene rings is 1. The number of piperidine rings is 1. The van der Waals surface area contributed by atoms with E-state index in [4.69, 9.17) is 4.74 Å². The van der Waals surface area contributed by atoms with Gasteiger partial charge in [0.1, 0.15) is 0 Å². The lowest BCUT2D eigenvalue weighted by atomic mass is 9.96. The van der Waals surface area contributed by atoms with Gasteiger partial charge >= 0.3 is 5.97 Å². The number of halogens is 1. The van der Waals surface area contributed by atoms with Crippen LogP contribution in [-0.4, -0.2) is 42.2 Å². The van der Waals surface area contributed by atoms with Gasteiger partial charge in [0, 0.05) is 18.5 Å². The molecule has 1 aromatic carbocycles. The van der Waals surface area contributed by atoms with Crippen molar-refractivity contribution in [2.24, 2.45) is 0 Å². The summed E-state index contributed by atoms with van der Waals surface area (Å²) in [6.45, 7) is 10.3. The Morgan fingerprint density at radius 2 is 1.83 bits per heavy atom. The quantitative estimate of drug-likeness (QED) is 0.485. The Bertz CT molecular complexity index is 660. The fourth-order valence-electron chi connectivity index (χ4n) is 4.23. The van der Waals surface area contributed by atoms with Crippen LogP contribution >= 0.6 is 0 Å². The van der Waals surface area contributed by atoms with Gasteiger partial charge in [0.15, 0.2) is 6.04 Å². The number of amides is 1. The predicted molar refractivity (Wildman–Crippen MR) is 113 cm³/mol. The van der Waals surface area contributed by atoms with E-state index in [1.807, 2.05) is 39.0 Å². The number of rotatable bonds is 9. The highest BCUT2D eigenvalue weighted by molar-refractivity contribution is 5.95. The molecule has 0 aromatic heterocycles. The van der Waals surface area contributed by atoms with Crippen molar-refractivity contribution < 1.29 is 31.2 Å².